The fourth-order valence-corrected chi connectivity index (χ4v) is 10.2. The molecule has 92 valence electrons. The Labute approximate surface area is 97.7 Å². The highest BCUT2D eigenvalue weighted by atomic mass is 28.4. The van der Waals surface area contributed by atoms with Crippen LogP contribution in [0.15, 0.2) is 0 Å². The summed E-state index contributed by atoms with van der Waals surface area (Å²) in [6.07, 6.45) is 2.82. The maximum absolute atomic E-state index is 6.29. The number of unbranched alkanes of at least 4 members (excludes halogenated alkanes) is 1. The Balaban J connectivity index is 4.16. The monoisotopic (exact) mass is 248 g/mol. The highest BCUT2D eigenvalue weighted by Crippen LogP contribution is 2.22. The molecule has 0 aliphatic heterocycles. The predicted octanol–water partition coefficient (Wildman–Crippen LogP) is 4.14. The summed E-state index contributed by atoms with van der Waals surface area (Å²) in [6, 6.07) is 1.25. The van der Waals surface area contributed by atoms with Crippen molar-refractivity contribution in [2.45, 2.75) is 71.9 Å². The van der Waals surface area contributed by atoms with Crippen LogP contribution < -0.4 is 0 Å². The zero-order valence-electron chi connectivity index (χ0n) is 11.5. The van der Waals surface area contributed by atoms with Crippen LogP contribution in [0.3, 0.4) is 0 Å². The first kappa shape index (κ1) is 15.4. The van der Waals surface area contributed by atoms with Gasteiger partial charge in [-0.1, -0.05) is 19.8 Å². The predicted molar refractivity (Wildman–Crippen MR) is 72.0 cm³/mol. The first-order valence-corrected chi connectivity index (χ1v) is 12.0. The fourth-order valence-electron chi connectivity index (χ4n) is 1.91. The Hall–Kier alpha value is 0.354. The maximum Gasteiger partial charge on any atom is 0.321 e. The number of hydrogen-bond donors (Lipinski definition) is 0. The van der Waals surface area contributed by atoms with E-state index in [1.54, 1.807) is 0 Å². The summed E-state index contributed by atoms with van der Waals surface area (Å²) in [6.45, 7) is 15.3. The summed E-state index contributed by atoms with van der Waals surface area (Å²) in [5, 5.41) is 0. The molecule has 0 aromatic carbocycles. The lowest BCUT2D eigenvalue weighted by Crippen LogP contribution is -2.47. The molecule has 15 heavy (non-hydrogen) atoms. The molecule has 0 atom stereocenters. The van der Waals surface area contributed by atoms with Crippen molar-refractivity contribution in [1.29, 1.82) is 0 Å². The zero-order valence-corrected chi connectivity index (χ0v) is 13.5. The third kappa shape index (κ3) is 8.19. The highest BCUT2D eigenvalue weighted by molar-refractivity contribution is 6.82. The molecule has 2 nitrogen and oxygen atoms in total. The van der Waals surface area contributed by atoms with Crippen LogP contribution in [0.25, 0.3) is 0 Å². The summed E-state index contributed by atoms with van der Waals surface area (Å²) < 4.78 is 12.2. The van der Waals surface area contributed by atoms with Gasteiger partial charge >= 0.3 is 8.56 Å². The molecule has 0 fully saturated rings. The van der Waals surface area contributed by atoms with Gasteiger partial charge in [0.1, 0.15) is 0 Å². The van der Waals surface area contributed by atoms with E-state index < -0.39 is 16.9 Å². The minimum Gasteiger partial charge on any atom is -0.436 e. The molecular formula is C11H28O2Si2. The van der Waals surface area contributed by atoms with Crippen molar-refractivity contribution in [3.63, 3.8) is 0 Å². The van der Waals surface area contributed by atoms with Crippen molar-refractivity contribution in [3.8, 4) is 0 Å². The van der Waals surface area contributed by atoms with Gasteiger partial charge in [-0.15, -0.1) is 0 Å². The van der Waals surface area contributed by atoms with Gasteiger partial charge in [-0.2, -0.15) is 0 Å². The summed E-state index contributed by atoms with van der Waals surface area (Å²) >= 11 is 0. The van der Waals surface area contributed by atoms with Crippen molar-refractivity contribution < 1.29 is 8.54 Å². The molecule has 0 spiro atoms. The van der Waals surface area contributed by atoms with E-state index in [-0.39, 0.29) is 6.10 Å². The molecule has 0 aromatic rings. The van der Waals surface area contributed by atoms with Crippen LogP contribution >= 0.6 is 0 Å². The third-order valence-electron chi connectivity index (χ3n) is 2.17. The molecule has 0 saturated heterocycles. The molecule has 0 saturated carbocycles. The zero-order chi connectivity index (χ0) is 12.1. The lowest BCUT2D eigenvalue weighted by atomic mass is 10.4. The van der Waals surface area contributed by atoms with Crippen molar-refractivity contribution in [2.75, 3.05) is 0 Å². The molecule has 0 rings (SSSR count). The summed E-state index contributed by atoms with van der Waals surface area (Å²) in [4.78, 5) is 0. The van der Waals surface area contributed by atoms with Crippen molar-refractivity contribution >= 4 is 16.9 Å². The molecule has 0 aromatic heterocycles. The summed E-state index contributed by atoms with van der Waals surface area (Å²) in [5.74, 6) is 0. The van der Waals surface area contributed by atoms with E-state index in [0.29, 0.717) is 0 Å². The minimum atomic E-state index is -1.89. The van der Waals surface area contributed by atoms with Gasteiger partial charge in [0, 0.05) is 6.10 Å². The van der Waals surface area contributed by atoms with Gasteiger partial charge in [-0.05, 0) is 46.1 Å². The molecular weight excluding hydrogens is 220 g/mol. The average Bonchev–Trinajstić information content (AvgIpc) is 1.95. The second-order valence-corrected chi connectivity index (χ2v) is 13.4. The molecule has 0 heterocycles. The van der Waals surface area contributed by atoms with Gasteiger partial charge in [-0.25, -0.2) is 0 Å². The van der Waals surface area contributed by atoms with E-state index >= 15 is 0 Å². The van der Waals surface area contributed by atoms with Crippen LogP contribution in [0.2, 0.25) is 32.2 Å². The van der Waals surface area contributed by atoms with Gasteiger partial charge in [0.2, 0.25) is 0 Å². The van der Waals surface area contributed by atoms with Crippen molar-refractivity contribution in [3.05, 3.63) is 0 Å². The van der Waals surface area contributed by atoms with Crippen molar-refractivity contribution in [2.24, 2.45) is 0 Å². The molecule has 0 radical (unpaired) electrons. The van der Waals surface area contributed by atoms with Crippen LogP contribution in [0.4, 0.5) is 0 Å². The van der Waals surface area contributed by atoms with E-state index in [0.717, 1.165) is 0 Å². The molecule has 4 heteroatoms. The summed E-state index contributed by atoms with van der Waals surface area (Å²) in [5.41, 5.74) is 0. The quantitative estimate of drug-likeness (QED) is 0.631. The molecule has 0 amide bonds. The SMILES string of the molecule is CCCC[Si](C)(C)O[Si](C)(C)OC(C)C. The number of hydrogen-bond acceptors (Lipinski definition) is 2. The smallest absolute Gasteiger partial charge is 0.321 e. The normalized spacial score (nSPS) is 13.6. The van der Waals surface area contributed by atoms with Gasteiger partial charge in [0.05, 0.1) is 0 Å². The lowest BCUT2D eigenvalue weighted by molar-refractivity contribution is 0.187. The molecule has 0 aliphatic rings. The second kappa shape index (κ2) is 6.18. The Morgan fingerprint density at radius 2 is 1.60 bits per heavy atom. The van der Waals surface area contributed by atoms with Crippen LogP contribution in [0, 0.1) is 0 Å². The maximum atomic E-state index is 6.29. The molecule has 0 aliphatic carbocycles. The topological polar surface area (TPSA) is 18.5 Å². The largest absolute Gasteiger partial charge is 0.436 e. The highest BCUT2D eigenvalue weighted by Gasteiger charge is 2.34. The second-order valence-electron chi connectivity index (χ2n) is 5.53. The Kier molecular flexibility index (Phi) is 6.32. The average molecular weight is 249 g/mol. The standard InChI is InChI=1S/C11H28O2Si2/c1-8-9-10-14(4,5)13-15(6,7)12-11(2)3/h11H,8-10H2,1-7H3. The van der Waals surface area contributed by atoms with Crippen LogP contribution in [-0.2, 0) is 8.54 Å². The number of rotatable bonds is 7. The van der Waals surface area contributed by atoms with E-state index in [4.69, 9.17) is 8.54 Å². The van der Waals surface area contributed by atoms with E-state index in [9.17, 15) is 0 Å². The van der Waals surface area contributed by atoms with Gasteiger partial charge < -0.3 is 8.54 Å². The minimum absolute atomic E-state index is 0.280. The first-order valence-electron chi connectivity index (χ1n) is 6.06. The van der Waals surface area contributed by atoms with Gasteiger partial charge in [0.25, 0.3) is 0 Å². The lowest BCUT2D eigenvalue weighted by Gasteiger charge is -2.34. The van der Waals surface area contributed by atoms with E-state index in [1.165, 1.54) is 18.9 Å². The van der Waals surface area contributed by atoms with Crippen LogP contribution in [0.1, 0.15) is 33.6 Å². The van der Waals surface area contributed by atoms with Crippen LogP contribution in [-0.4, -0.2) is 23.0 Å². The summed E-state index contributed by atoms with van der Waals surface area (Å²) in [7, 11) is -3.38. The van der Waals surface area contributed by atoms with Gasteiger partial charge in [0.15, 0.2) is 8.32 Å². The van der Waals surface area contributed by atoms with Crippen LogP contribution in [0.5, 0.6) is 0 Å². The Bertz CT molecular complexity index is 179. The van der Waals surface area contributed by atoms with Gasteiger partial charge in [-0.3, -0.25) is 0 Å². The van der Waals surface area contributed by atoms with Crippen molar-refractivity contribution in [1.82, 2.24) is 0 Å². The first-order chi connectivity index (χ1) is 6.68. The Morgan fingerprint density at radius 1 is 1.07 bits per heavy atom. The third-order valence-corrected chi connectivity index (χ3v) is 8.95. The molecule has 0 bridgehead atoms. The molecule has 0 N–H and O–H groups in total. The van der Waals surface area contributed by atoms with E-state index in [1.807, 2.05) is 0 Å². The molecule has 0 unspecified atom stereocenters. The Morgan fingerprint density at radius 3 is 2.00 bits per heavy atom. The fraction of sp³-hybridized carbons (Fsp3) is 1.00. The van der Waals surface area contributed by atoms with E-state index in [2.05, 4.69) is 47.0 Å².